The molecule has 0 fully saturated rings. The highest BCUT2D eigenvalue weighted by Crippen LogP contribution is 2.31. The minimum Gasteiger partial charge on any atom is -0.496 e. The molecule has 0 aliphatic carbocycles. The van der Waals surface area contributed by atoms with Crippen molar-refractivity contribution in [1.82, 2.24) is 0 Å². The summed E-state index contributed by atoms with van der Waals surface area (Å²) in [5, 5.41) is 0. The van der Waals surface area contributed by atoms with Crippen LogP contribution in [0.5, 0.6) is 11.5 Å². The molecule has 106 valence electrons. The highest BCUT2D eigenvalue weighted by molar-refractivity contribution is 9.10. The third kappa shape index (κ3) is 3.53. The van der Waals surface area contributed by atoms with Crippen molar-refractivity contribution in [1.29, 1.82) is 0 Å². The summed E-state index contributed by atoms with van der Waals surface area (Å²) in [7, 11) is 1.65. The maximum absolute atomic E-state index is 5.91. The molecule has 0 saturated carbocycles. The average Bonchev–Trinajstić information content (AvgIpc) is 2.46. The lowest BCUT2D eigenvalue weighted by molar-refractivity contribution is 0.292. The Labute approximate surface area is 135 Å². The highest BCUT2D eigenvalue weighted by atomic mass is 79.9. The summed E-state index contributed by atoms with van der Waals surface area (Å²) in [4.78, 5) is 0. The zero-order valence-electron chi connectivity index (χ0n) is 11.0. The van der Waals surface area contributed by atoms with E-state index >= 15 is 0 Å². The van der Waals surface area contributed by atoms with Crippen molar-refractivity contribution in [3.63, 3.8) is 0 Å². The third-order valence-corrected chi connectivity index (χ3v) is 4.00. The normalized spacial score (nSPS) is 10.4. The van der Waals surface area contributed by atoms with E-state index in [9.17, 15) is 0 Å². The molecule has 0 aliphatic heterocycles. The molecule has 0 aliphatic rings. The van der Waals surface area contributed by atoms with Gasteiger partial charge in [0.15, 0.2) is 0 Å². The van der Waals surface area contributed by atoms with Gasteiger partial charge in [0.25, 0.3) is 0 Å². The molecule has 2 N–H and O–H groups in total. The molecule has 2 rings (SSSR count). The van der Waals surface area contributed by atoms with Crippen molar-refractivity contribution in [2.75, 3.05) is 7.11 Å². The van der Waals surface area contributed by atoms with Crippen molar-refractivity contribution in [3.05, 3.63) is 56.5 Å². The second-order valence-corrected chi connectivity index (χ2v) is 5.95. The van der Waals surface area contributed by atoms with E-state index < -0.39 is 0 Å². The standard InChI is InChI=1S/C15H15Br2NO2/c1-19-14-6-5-12(16)7-11(14)9-20-15-10(8-18)3-2-4-13(15)17/h2-7H,8-9,18H2,1H3. The van der Waals surface area contributed by atoms with Crippen LogP contribution in [0.4, 0.5) is 0 Å². The molecule has 3 nitrogen and oxygen atoms in total. The van der Waals surface area contributed by atoms with Crippen LogP contribution in [0.25, 0.3) is 0 Å². The van der Waals surface area contributed by atoms with Gasteiger partial charge < -0.3 is 15.2 Å². The van der Waals surface area contributed by atoms with Crippen LogP contribution < -0.4 is 15.2 Å². The summed E-state index contributed by atoms with van der Waals surface area (Å²) in [6, 6.07) is 11.7. The van der Waals surface area contributed by atoms with Gasteiger partial charge in [0.1, 0.15) is 18.1 Å². The van der Waals surface area contributed by atoms with Crippen molar-refractivity contribution in [2.24, 2.45) is 5.73 Å². The van der Waals surface area contributed by atoms with Crippen LogP contribution in [0.1, 0.15) is 11.1 Å². The molecule has 0 amide bonds. The number of benzene rings is 2. The van der Waals surface area contributed by atoms with Crippen molar-refractivity contribution in [2.45, 2.75) is 13.2 Å². The Balaban J connectivity index is 2.23. The molecule has 5 heteroatoms. The smallest absolute Gasteiger partial charge is 0.138 e. The lowest BCUT2D eigenvalue weighted by Crippen LogP contribution is -2.04. The second-order valence-electron chi connectivity index (χ2n) is 4.18. The first-order chi connectivity index (χ1) is 9.65. The molecule has 0 aromatic heterocycles. The molecule has 0 atom stereocenters. The van der Waals surface area contributed by atoms with Crippen LogP contribution in [-0.4, -0.2) is 7.11 Å². The van der Waals surface area contributed by atoms with Gasteiger partial charge in [-0.2, -0.15) is 0 Å². The Morgan fingerprint density at radius 2 is 1.90 bits per heavy atom. The first kappa shape index (κ1) is 15.4. The fourth-order valence-corrected chi connectivity index (χ4v) is 2.82. The van der Waals surface area contributed by atoms with Gasteiger partial charge >= 0.3 is 0 Å². The number of halogens is 2. The van der Waals surface area contributed by atoms with Crippen LogP contribution in [0.3, 0.4) is 0 Å². The predicted octanol–water partition coefficient (Wildman–Crippen LogP) is 4.26. The lowest BCUT2D eigenvalue weighted by atomic mass is 10.2. The molecular weight excluding hydrogens is 386 g/mol. The molecule has 20 heavy (non-hydrogen) atoms. The summed E-state index contributed by atoms with van der Waals surface area (Å²) in [5.74, 6) is 1.58. The minimum atomic E-state index is 0.415. The highest BCUT2D eigenvalue weighted by Gasteiger charge is 2.09. The van der Waals surface area contributed by atoms with E-state index in [1.165, 1.54) is 0 Å². The van der Waals surface area contributed by atoms with E-state index in [1.807, 2.05) is 36.4 Å². The SMILES string of the molecule is COc1ccc(Br)cc1COc1c(Br)cccc1CN. The van der Waals surface area contributed by atoms with E-state index in [-0.39, 0.29) is 0 Å². The maximum atomic E-state index is 5.91. The van der Waals surface area contributed by atoms with Gasteiger partial charge in [-0.05, 0) is 40.2 Å². The Kier molecular flexibility index (Phi) is 5.46. The molecule has 0 spiro atoms. The Morgan fingerprint density at radius 1 is 1.10 bits per heavy atom. The van der Waals surface area contributed by atoms with Crippen molar-refractivity contribution < 1.29 is 9.47 Å². The number of hydrogen-bond acceptors (Lipinski definition) is 3. The molecule has 0 saturated heterocycles. The van der Waals surface area contributed by atoms with E-state index in [1.54, 1.807) is 7.11 Å². The predicted molar refractivity (Wildman–Crippen MR) is 87.1 cm³/mol. The molecule has 0 heterocycles. The molecule has 2 aromatic rings. The van der Waals surface area contributed by atoms with Gasteiger partial charge in [0, 0.05) is 22.1 Å². The fourth-order valence-electron chi connectivity index (χ4n) is 1.89. The molecule has 0 bridgehead atoms. The van der Waals surface area contributed by atoms with Gasteiger partial charge in [0.05, 0.1) is 11.6 Å². The molecular formula is C15H15Br2NO2. The van der Waals surface area contributed by atoms with Crippen molar-refractivity contribution in [3.8, 4) is 11.5 Å². The zero-order valence-corrected chi connectivity index (χ0v) is 14.2. The summed E-state index contributed by atoms with van der Waals surface area (Å²) in [6.45, 7) is 0.850. The van der Waals surface area contributed by atoms with Crippen molar-refractivity contribution >= 4 is 31.9 Å². The topological polar surface area (TPSA) is 44.5 Å². The number of methoxy groups -OCH3 is 1. The van der Waals surface area contributed by atoms with Crippen LogP contribution in [0.15, 0.2) is 45.3 Å². The second kappa shape index (κ2) is 7.11. The zero-order chi connectivity index (χ0) is 14.5. The maximum Gasteiger partial charge on any atom is 0.138 e. The van der Waals surface area contributed by atoms with Crippen LogP contribution in [-0.2, 0) is 13.2 Å². The Hall–Kier alpha value is -1.04. The molecule has 0 unspecified atom stereocenters. The quantitative estimate of drug-likeness (QED) is 0.815. The van der Waals surface area contributed by atoms with E-state index in [2.05, 4.69) is 31.9 Å². The summed E-state index contributed by atoms with van der Waals surface area (Å²) < 4.78 is 13.1. The Bertz CT molecular complexity index is 602. The van der Waals surface area contributed by atoms with Gasteiger partial charge in [0.2, 0.25) is 0 Å². The average molecular weight is 401 g/mol. The van der Waals surface area contributed by atoms with Gasteiger partial charge in [-0.1, -0.05) is 28.1 Å². The summed E-state index contributed by atoms with van der Waals surface area (Å²) >= 11 is 6.94. The largest absolute Gasteiger partial charge is 0.496 e. The fraction of sp³-hybridized carbons (Fsp3) is 0.200. The number of para-hydroxylation sites is 1. The van der Waals surface area contributed by atoms with E-state index in [4.69, 9.17) is 15.2 Å². The summed E-state index contributed by atoms with van der Waals surface area (Å²) in [5.41, 5.74) is 7.67. The number of hydrogen-bond donors (Lipinski definition) is 1. The molecule has 2 aromatic carbocycles. The van der Waals surface area contributed by atoms with Gasteiger partial charge in [-0.3, -0.25) is 0 Å². The van der Waals surface area contributed by atoms with E-state index in [0.29, 0.717) is 13.2 Å². The monoisotopic (exact) mass is 399 g/mol. The third-order valence-electron chi connectivity index (χ3n) is 2.88. The minimum absolute atomic E-state index is 0.415. The van der Waals surface area contributed by atoms with Crippen LogP contribution in [0.2, 0.25) is 0 Å². The number of nitrogens with two attached hydrogens (primary N) is 1. The number of rotatable bonds is 5. The first-order valence-electron chi connectivity index (χ1n) is 6.08. The number of ether oxygens (including phenoxy) is 2. The Morgan fingerprint density at radius 3 is 2.60 bits per heavy atom. The van der Waals surface area contributed by atoms with Crippen LogP contribution >= 0.6 is 31.9 Å². The van der Waals surface area contributed by atoms with Crippen LogP contribution in [0, 0.1) is 0 Å². The van der Waals surface area contributed by atoms with E-state index in [0.717, 1.165) is 31.6 Å². The van der Waals surface area contributed by atoms with Gasteiger partial charge in [-0.25, -0.2) is 0 Å². The molecule has 0 radical (unpaired) electrons. The van der Waals surface area contributed by atoms with Gasteiger partial charge in [-0.15, -0.1) is 0 Å². The first-order valence-corrected chi connectivity index (χ1v) is 7.67. The lowest BCUT2D eigenvalue weighted by Gasteiger charge is -2.14. The summed E-state index contributed by atoms with van der Waals surface area (Å²) in [6.07, 6.45) is 0.